The van der Waals surface area contributed by atoms with Crippen LogP contribution in [0.3, 0.4) is 0 Å². The molecule has 2 fully saturated rings. The molecule has 0 bridgehead atoms. The molecule has 0 aliphatic heterocycles. The number of hydrogen-bond donors (Lipinski definition) is 2. The van der Waals surface area contributed by atoms with Crippen molar-refractivity contribution in [3.05, 3.63) is 95.1 Å². The minimum atomic E-state index is -0.951. The molecule has 0 aromatic heterocycles. The molecule has 2 N–H and O–H groups in total. The standard InChI is InChI=1S/C58H78O8/c1-37(2)41-15-23-49-43(31-41)17-25-51-55(49,5)27-9-29-57(51,7)53(61)65-35-45(59)33-63-47-19-11-39(12-20-47)40-13-21-48(22-14-40)64-34-46(60)36-66-54(62)58(8)30-10-28-56(6)50-24-16-42(38(3)4)32-44(50)18-26-52(56)58/h11-14,17-22,31-32,37-38,45-46,49-52,59-60H,9-10,15-16,23-30,33-36H2,1-8H3. The van der Waals surface area contributed by atoms with Gasteiger partial charge in [-0.15, -0.1) is 0 Å². The average molecular weight is 903 g/mol. The molecule has 0 radical (unpaired) electrons. The van der Waals surface area contributed by atoms with E-state index in [0.29, 0.717) is 35.2 Å². The number of carbonyl (C=O) groups excluding carboxylic acids is 2. The Kier molecular flexibility index (Phi) is 14.2. The number of rotatable bonds is 15. The predicted octanol–water partition coefficient (Wildman–Crippen LogP) is 12.2. The predicted molar refractivity (Wildman–Crippen MR) is 261 cm³/mol. The Labute approximate surface area is 395 Å². The second kappa shape index (κ2) is 19.5. The van der Waals surface area contributed by atoms with Crippen LogP contribution in [-0.4, -0.2) is 60.8 Å². The zero-order valence-electron chi connectivity index (χ0n) is 41.2. The van der Waals surface area contributed by atoms with Crippen molar-refractivity contribution in [2.45, 2.75) is 145 Å². The minimum absolute atomic E-state index is 0.00956. The highest BCUT2D eigenvalue weighted by Crippen LogP contribution is 2.64. The van der Waals surface area contributed by atoms with Gasteiger partial charge in [-0.05, 0) is 171 Å². The van der Waals surface area contributed by atoms with Crippen molar-refractivity contribution in [3.8, 4) is 22.6 Å². The Morgan fingerprint density at radius 2 is 0.955 bits per heavy atom. The summed E-state index contributed by atoms with van der Waals surface area (Å²) in [6.45, 7) is 17.9. The summed E-state index contributed by atoms with van der Waals surface area (Å²) in [5.74, 6) is 3.32. The van der Waals surface area contributed by atoms with E-state index in [1.165, 1.54) is 22.3 Å². The van der Waals surface area contributed by atoms with Crippen LogP contribution in [0.15, 0.2) is 95.1 Å². The second-order valence-corrected chi connectivity index (χ2v) is 22.6. The summed E-state index contributed by atoms with van der Waals surface area (Å²) in [5, 5.41) is 21.7. The van der Waals surface area contributed by atoms with Crippen molar-refractivity contribution < 1.29 is 38.7 Å². The van der Waals surface area contributed by atoms with E-state index in [0.717, 1.165) is 88.2 Å². The van der Waals surface area contributed by atoms with Crippen LogP contribution in [0.2, 0.25) is 0 Å². The molecule has 2 aromatic rings. The van der Waals surface area contributed by atoms with Gasteiger partial charge in [0.25, 0.3) is 0 Å². The molecule has 0 saturated heterocycles. The van der Waals surface area contributed by atoms with E-state index in [1.807, 2.05) is 48.5 Å². The zero-order chi connectivity index (χ0) is 47.0. The monoisotopic (exact) mass is 903 g/mol. The lowest BCUT2D eigenvalue weighted by atomic mass is 9.47. The van der Waals surface area contributed by atoms with Gasteiger partial charge in [-0.2, -0.15) is 0 Å². The number of aliphatic hydroxyl groups excluding tert-OH is 2. The summed E-state index contributed by atoms with van der Waals surface area (Å²) in [4.78, 5) is 27.6. The Balaban J connectivity index is 0.768. The van der Waals surface area contributed by atoms with Crippen molar-refractivity contribution in [2.75, 3.05) is 26.4 Å². The van der Waals surface area contributed by atoms with Crippen molar-refractivity contribution in [1.82, 2.24) is 0 Å². The maximum absolute atomic E-state index is 13.8. The van der Waals surface area contributed by atoms with Gasteiger partial charge in [-0.1, -0.05) is 114 Å². The van der Waals surface area contributed by atoms with Crippen LogP contribution in [0.25, 0.3) is 11.1 Å². The molecule has 6 aliphatic carbocycles. The van der Waals surface area contributed by atoms with Crippen LogP contribution in [0.1, 0.15) is 132 Å². The Bertz CT molecular complexity index is 2040. The minimum Gasteiger partial charge on any atom is -0.491 e. The van der Waals surface area contributed by atoms with Gasteiger partial charge in [0.15, 0.2) is 0 Å². The third-order valence-electron chi connectivity index (χ3n) is 17.8. The third-order valence-corrected chi connectivity index (χ3v) is 17.8. The molecule has 358 valence electrons. The second-order valence-electron chi connectivity index (χ2n) is 22.6. The number of carbonyl (C=O) groups is 2. The number of allylic oxidation sites excluding steroid dienone is 8. The van der Waals surface area contributed by atoms with Gasteiger partial charge in [-0.25, -0.2) is 0 Å². The summed E-state index contributed by atoms with van der Waals surface area (Å²) in [5.41, 5.74) is 6.92. The van der Waals surface area contributed by atoms with Gasteiger partial charge < -0.3 is 29.2 Å². The van der Waals surface area contributed by atoms with Crippen molar-refractivity contribution in [1.29, 1.82) is 0 Å². The first-order valence-corrected chi connectivity index (χ1v) is 25.4. The first-order valence-electron chi connectivity index (χ1n) is 25.4. The van der Waals surface area contributed by atoms with Gasteiger partial charge in [0.1, 0.15) is 50.1 Å². The van der Waals surface area contributed by atoms with Crippen LogP contribution in [-0.2, 0) is 19.1 Å². The Hall–Kier alpha value is -4.14. The quantitative estimate of drug-likeness (QED) is 0.170. The molecule has 66 heavy (non-hydrogen) atoms. The van der Waals surface area contributed by atoms with Crippen LogP contribution < -0.4 is 9.47 Å². The third kappa shape index (κ3) is 9.49. The first kappa shape index (κ1) is 48.3. The van der Waals surface area contributed by atoms with E-state index in [-0.39, 0.29) is 61.0 Å². The number of fused-ring (bicyclic) bond motifs is 6. The van der Waals surface area contributed by atoms with Crippen LogP contribution >= 0.6 is 0 Å². The number of aliphatic hydroxyl groups is 2. The molecular weight excluding hydrogens is 825 g/mol. The Morgan fingerprint density at radius 3 is 1.32 bits per heavy atom. The molecular formula is C58H78O8. The highest BCUT2D eigenvalue weighted by molar-refractivity contribution is 5.78. The molecule has 8 heteroatoms. The number of hydrogen-bond acceptors (Lipinski definition) is 8. The summed E-state index contributed by atoms with van der Waals surface area (Å²) >= 11 is 0. The van der Waals surface area contributed by atoms with E-state index >= 15 is 0 Å². The van der Waals surface area contributed by atoms with Crippen LogP contribution in [0.4, 0.5) is 0 Å². The Morgan fingerprint density at radius 1 is 0.576 bits per heavy atom. The average Bonchev–Trinajstić information content (AvgIpc) is 3.30. The molecule has 2 aromatic carbocycles. The van der Waals surface area contributed by atoms with Gasteiger partial charge in [0.05, 0.1) is 10.8 Å². The molecule has 10 unspecified atom stereocenters. The maximum Gasteiger partial charge on any atom is 0.312 e. The molecule has 10 atom stereocenters. The van der Waals surface area contributed by atoms with Crippen molar-refractivity contribution in [2.24, 2.45) is 57.2 Å². The van der Waals surface area contributed by atoms with E-state index in [1.54, 1.807) is 0 Å². The normalized spacial score (nSPS) is 32.5. The summed E-state index contributed by atoms with van der Waals surface area (Å²) in [6.07, 6.45) is 20.0. The molecule has 6 aliphatic rings. The number of ether oxygens (including phenoxy) is 4. The van der Waals surface area contributed by atoms with Gasteiger partial charge in [-0.3, -0.25) is 9.59 Å². The van der Waals surface area contributed by atoms with E-state index in [2.05, 4.69) is 79.7 Å². The lowest BCUT2D eigenvalue weighted by molar-refractivity contribution is -0.173. The lowest BCUT2D eigenvalue weighted by Gasteiger charge is -2.57. The molecule has 8 rings (SSSR count). The summed E-state index contributed by atoms with van der Waals surface area (Å²) in [7, 11) is 0. The van der Waals surface area contributed by atoms with Crippen molar-refractivity contribution in [3.63, 3.8) is 0 Å². The van der Waals surface area contributed by atoms with E-state index in [9.17, 15) is 19.8 Å². The van der Waals surface area contributed by atoms with Crippen LogP contribution in [0.5, 0.6) is 11.5 Å². The molecule has 2 saturated carbocycles. The fourth-order valence-corrected chi connectivity index (χ4v) is 13.8. The zero-order valence-corrected chi connectivity index (χ0v) is 41.2. The topological polar surface area (TPSA) is 112 Å². The van der Waals surface area contributed by atoms with E-state index < -0.39 is 23.0 Å². The molecule has 0 amide bonds. The smallest absolute Gasteiger partial charge is 0.312 e. The first-order chi connectivity index (χ1) is 31.4. The van der Waals surface area contributed by atoms with E-state index in [4.69, 9.17) is 18.9 Å². The molecule has 8 nitrogen and oxygen atoms in total. The fourth-order valence-electron chi connectivity index (χ4n) is 13.8. The highest BCUT2D eigenvalue weighted by Gasteiger charge is 2.59. The highest BCUT2D eigenvalue weighted by atomic mass is 16.6. The van der Waals surface area contributed by atoms with Gasteiger partial charge in [0.2, 0.25) is 0 Å². The van der Waals surface area contributed by atoms with Gasteiger partial charge in [0, 0.05) is 0 Å². The SMILES string of the molecule is CC(C)C1=CC2=CCC3C(C)(C(=O)OCC(O)COc4ccc(-c5ccc(OCC(O)COC(=O)C6(C)CCCC7(C)C8CCC(C(C)C)=CC8=CCC67)cc5)cc4)CCCC3(C)C2CC1. The lowest BCUT2D eigenvalue weighted by Crippen LogP contribution is -2.53. The summed E-state index contributed by atoms with van der Waals surface area (Å²) < 4.78 is 23.6. The van der Waals surface area contributed by atoms with Crippen molar-refractivity contribution >= 4 is 11.9 Å². The molecule has 0 heterocycles. The fraction of sp³-hybridized carbons (Fsp3) is 0.621. The number of benzene rings is 2. The summed E-state index contributed by atoms with van der Waals surface area (Å²) in [6, 6.07) is 15.3. The van der Waals surface area contributed by atoms with Gasteiger partial charge >= 0.3 is 11.9 Å². The van der Waals surface area contributed by atoms with Crippen LogP contribution in [0, 0.1) is 57.2 Å². The molecule has 0 spiro atoms. The maximum atomic E-state index is 13.8. The number of esters is 2. The largest absolute Gasteiger partial charge is 0.491 e.